The van der Waals surface area contributed by atoms with Gasteiger partial charge in [0.25, 0.3) is 0 Å². The minimum absolute atomic E-state index is 0.657. The molecule has 0 aliphatic rings. The second-order valence-electron chi connectivity index (χ2n) is 3.71. The summed E-state index contributed by atoms with van der Waals surface area (Å²) < 4.78 is 1.97. The molecule has 0 N–H and O–H groups in total. The first kappa shape index (κ1) is 13.1. The van der Waals surface area contributed by atoms with Gasteiger partial charge in [-0.3, -0.25) is 0 Å². The van der Waals surface area contributed by atoms with Crippen molar-refractivity contribution in [3.05, 3.63) is 68.6 Å². The Morgan fingerprint density at radius 2 is 1.72 bits per heavy atom. The van der Waals surface area contributed by atoms with Crippen LogP contribution in [0.1, 0.15) is 11.1 Å². The highest BCUT2D eigenvalue weighted by Gasteiger charge is 2.01. The molecule has 0 aliphatic carbocycles. The number of hydrogen-bond donors (Lipinski definition) is 0. The van der Waals surface area contributed by atoms with Crippen molar-refractivity contribution < 1.29 is 0 Å². The van der Waals surface area contributed by atoms with Crippen molar-refractivity contribution in [3.8, 4) is 6.07 Å². The molecule has 0 spiro atoms. The molecule has 0 atom stereocenters. The lowest BCUT2D eigenvalue weighted by molar-refractivity contribution is 1.52. The van der Waals surface area contributed by atoms with Gasteiger partial charge in [-0.05, 0) is 61.2 Å². The number of nitrogens with zero attached hydrogens (tertiary/aromatic N) is 1. The molecule has 0 amide bonds. The van der Waals surface area contributed by atoms with Crippen LogP contribution in [0.15, 0.2) is 57.5 Å². The molecule has 0 aromatic heterocycles. The van der Waals surface area contributed by atoms with Crippen molar-refractivity contribution >= 4 is 43.5 Å². The molecule has 0 fully saturated rings. The summed E-state index contributed by atoms with van der Waals surface area (Å²) in [5.41, 5.74) is 2.58. The Hall–Kier alpha value is -1.37. The highest BCUT2D eigenvalue weighted by Crippen LogP contribution is 2.26. The molecule has 0 unspecified atom stereocenters. The SMILES string of the molecule is N#CC(=Cc1ccc(Br)c(Br)c1)c1ccccc1. The van der Waals surface area contributed by atoms with Crippen molar-refractivity contribution in [2.75, 3.05) is 0 Å². The summed E-state index contributed by atoms with van der Waals surface area (Å²) in [6.45, 7) is 0. The summed E-state index contributed by atoms with van der Waals surface area (Å²) in [5.74, 6) is 0. The first-order valence-corrected chi connectivity index (χ1v) is 6.91. The second-order valence-corrected chi connectivity index (χ2v) is 5.42. The largest absolute Gasteiger partial charge is 0.192 e. The number of hydrogen-bond acceptors (Lipinski definition) is 1. The van der Waals surface area contributed by atoms with E-state index in [0.29, 0.717) is 5.57 Å². The quantitative estimate of drug-likeness (QED) is 0.527. The van der Waals surface area contributed by atoms with Gasteiger partial charge in [-0.2, -0.15) is 5.26 Å². The molecule has 3 heteroatoms. The molecule has 0 bridgehead atoms. The van der Waals surface area contributed by atoms with Gasteiger partial charge >= 0.3 is 0 Å². The fourth-order valence-electron chi connectivity index (χ4n) is 1.57. The van der Waals surface area contributed by atoms with Gasteiger partial charge < -0.3 is 0 Å². The maximum atomic E-state index is 9.23. The smallest absolute Gasteiger partial charge is 0.0998 e. The Morgan fingerprint density at radius 3 is 2.33 bits per heavy atom. The fraction of sp³-hybridized carbons (Fsp3) is 0. The van der Waals surface area contributed by atoms with E-state index in [1.54, 1.807) is 0 Å². The molecule has 18 heavy (non-hydrogen) atoms. The Kier molecular flexibility index (Phi) is 4.35. The van der Waals surface area contributed by atoms with Gasteiger partial charge in [0.05, 0.1) is 11.6 Å². The second kappa shape index (κ2) is 5.99. The summed E-state index contributed by atoms with van der Waals surface area (Å²) in [7, 11) is 0. The minimum Gasteiger partial charge on any atom is -0.192 e. The van der Waals surface area contributed by atoms with Gasteiger partial charge in [0, 0.05) is 8.95 Å². The first-order valence-electron chi connectivity index (χ1n) is 5.33. The standard InChI is InChI=1S/C15H9Br2N/c16-14-7-6-11(9-15(14)17)8-13(10-18)12-4-2-1-3-5-12/h1-9H. The first-order chi connectivity index (χ1) is 8.70. The summed E-state index contributed by atoms with van der Waals surface area (Å²) in [6.07, 6.45) is 1.88. The van der Waals surface area contributed by atoms with E-state index in [1.165, 1.54) is 0 Å². The van der Waals surface area contributed by atoms with Crippen LogP contribution in [0.3, 0.4) is 0 Å². The van der Waals surface area contributed by atoms with Crippen molar-refractivity contribution in [1.29, 1.82) is 5.26 Å². The average Bonchev–Trinajstić information content (AvgIpc) is 2.41. The maximum Gasteiger partial charge on any atom is 0.0998 e. The van der Waals surface area contributed by atoms with Crippen molar-refractivity contribution in [1.82, 2.24) is 0 Å². The van der Waals surface area contributed by atoms with Crippen molar-refractivity contribution in [2.45, 2.75) is 0 Å². The monoisotopic (exact) mass is 361 g/mol. The molecule has 2 aromatic carbocycles. The van der Waals surface area contributed by atoms with E-state index >= 15 is 0 Å². The zero-order chi connectivity index (χ0) is 13.0. The molecule has 1 nitrogen and oxygen atoms in total. The zero-order valence-corrected chi connectivity index (χ0v) is 12.6. The average molecular weight is 363 g/mol. The van der Waals surface area contributed by atoms with Gasteiger partial charge in [0.1, 0.15) is 0 Å². The summed E-state index contributed by atoms with van der Waals surface area (Å²) in [4.78, 5) is 0. The maximum absolute atomic E-state index is 9.23. The van der Waals surface area contributed by atoms with E-state index in [-0.39, 0.29) is 0 Å². The molecule has 88 valence electrons. The van der Waals surface area contributed by atoms with Gasteiger partial charge in [0.15, 0.2) is 0 Å². The lowest BCUT2D eigenvalue weighted by Gasteiger charge is -2.01. The van der Waals surface area contributed by atoms with Crippen LogP contribution in [0.2, 0.25) is 0 Å². The van der Waals surface area contributed by atoms with Gasteiger partial charge in [-0.1, -0.05) is 36.4 Å². The predicted octanol–water partition coefficient (Wildman–Crippen LogP) is 5.28. The van der Waals surface area contributed by atoms with E-state index in [2.05, 4.69) is 37.9 Å². The highest BCUT2D eigenvalue weighted by atomic mass is 79.9. The lowest BCUT2D eigenvalue weighted by atomic mass is 10.0. The molecular formula is C15H9Br2N. The van der Waals surface area contributed by atoms with Crippen LogP contribution in [0, 0.1) is 11.3 Å². The van der Waals surface area contributed by atoms with Crippen LogP contribution in [-0.4, -0.2) is 0 Å². The summed E-state index contributed by atoms with van der Waals surface area (Å²) in [6, 6.07) is 17.8. The van der Waals surface area contributed by atoms with Gasteiger partial charge in [0.2, 0.25) is 0 Å². The van der Waals surface area contributed by atoms with E-state index in [9.17, 15) is 5.26 Å². The lowest BCUT2D eigenvalue weighted by Crippen LogP contribution is -1.81. The Balaban J connectivity index is 2.42. The number of halogens is 2. The zero-order valence-electron chi connectivity index (χ0n) is 9.40. The molecular weight excluding hydrogens is 354 g/mol. The molecule has 0 aliphatic heterocycles. The molecule has 2 rings (SSSR count). The van der Waals surface area contributed by atoms with Gasteiger partial charge in [-0.15, -0.1) is 0 Å². The molecule has 0 saturated heterocycles. The number of rotatable bonds is 2. The van der Waals surface area contributed by atoms with Crippen LogP contribution in [0.4, 0.5) is 0 Å². The molecule has 0 radical (unpaired) electrons. The highest BCUT2D eigenvalue weighted by molar-refractivity contribution is 9.13. The van der Waals surface area contributed by atoms with Crippen LogP contribution in [-0.2, 0) is 0 Å². The Bertz CT molecular complexity index is 625. The topological polar surface area (TPSA) is 23.8 Å². The predicted molar refractivity (Wildman–Crippen MR) is 81.8 cm³/mol. The van der Waals surface area contributed by atoms with Crippen molar-refractivity contribution in [3.63, 3.8) is 0 Å². The summed E-state index contributed by atoms with van der Waals surface area (Å²) >= 11 is 6.88. The Labute approximate surface area is 123 Å². The van der Waals surface area contributed by atoms with E-state index < -0.39 is 0 Å². The fourth-order valence-corrected chi connectivity index (χ4v) is 2.21. The van der Waals surface area contributed by atoms with Gasteiger partial charge in [-0.25, -0.2) is 0 Å². The molecule has 0 heterocycles. The Morgan fingerprint density at radius 1 is 1.00 bits per heavy atom. The van der Waals surface area contributed by atoms with Crippen LogP contribution in [0.25, 0.3) is 11.6 Å². The van der Waals surface area contributed by atoms with Crippen LogP contribution in [0.5, 0.6) is 0 Å². The minimum atomic E-state index is 0.657. The molecule has 2 aromatic rings. The van der Waals surface area contributed by atoms with Crippen LogP contribution >= 0.6 is 31.9 Å². The van der Waals surface area contributed by atoms with E-state index in [1.807, 2.05) is 54.6 Å². The van der Waals surface area contributed by atoms with E-state index in [4.69, 9.17) is 0 Å². The summed E-state index contributed by atoms with van der Waals surface area (Å²) in [5, 5.41) is 9.23. The normalized spacial score (nSPS) is 11.1. The third-order valence-corrected chi connectivity index (χ3v) is 4.34. The number of allylic oxidation sites excluding steroid dienone is 1. The number of benzene rings is 2. The van der Waals surface area contributed by atoms with E-state index in [0.717, 1.165) is 20.1 Å². The van der Waals surface area contributed by atoms with Crippen molar-refractivity contribution in [2.24, 2.45) is 0 Å². The third-order valence-electron chi connectivity index (χ3n) is 2.46. The number of nitriles is 1. The van der Waals surface area contributed by atoms with Crippen LogP contribution < -0.4 is 0 Å². The molecule has 0 saturated carbocycles. The third kappa shape index (κ3) is 3.10.